The van der Waals surface area contributed by atoms with Crippen LogP contribution in [0.15, 0.2) is 73.3 Å². The molecule has 2 unspecified atom stereocenters. The van der Waals surface area contributed by atoms with Gasteiger partial charge in [0.25, 0.3) is 0 Å². The van der Waals surface area contributed by atoms with Gasteiger partial charge in [-0.05, 0) is 103 Å². The summed E-state index contributed by atoms with van der Waals surface area (Å²) in [5, 5.41) is 12.3. The Morgan fingerprint density at radius 1 is 0.860 bits per heavy atom. The third-order valence-electron chi connectivity index (χ3n) is 10.7. The second-order valence-corrected chi connectivity index (χ2v) is 15.9. The van der Waals surface area contributed by atoms with Crippen molar-refractivity contribution in [2.75, 3.05) is 7.05 Å². The summed E-state index contributed by atoms with van der Waals surface area (Å²) >= 11 is 0. The third-order valence-corrected chi connectivity index (χ3v) is 10.7. The van der Waals surface area contributed by atoms with Crippen molar-refractivity contribution >= 4 is 25.1 Å². The molecule has 5 rings (SSSR count). The van der Waals surface area contributed by atoms with E-state index in [2.05, 4.69) is 139 Å². The maximum atomic E-state index is 6.68. The molecule has 1 N–H and O–H groups in total. The first kappa shape index (κ1) is 38.1. The summed E-state index contributed by atoms with van der Waals surface area (Å²) < 4.78 is 23.8. The molecule has 0 saturated carbocycles. The lowest BCUT2D eigenvalue weighted by molar-refractivity contribution is -0.0178. The van der Waals surface area contributed by atoms with Gasteiger partial charge in [-0.2, -0.15) is 10.2 Å². The molecular weight excluding hydrogens is 620 g/mol. The minimum Gasteiger partial charge on any atom is -0.413 e. The van der Waals surface area contributed by atoms with Crippen molar-refractivity contribution in [2.24, 2.45) is 5.92 Å². The van der Waals surface area contributed by atoms with Crippen LogP contribution >= 0.6 is 0 Å². The largest absolute Gasteiger partial charge is 0.494 e. The summed E-state index contributed by atoms with van der Waals surface area (Å²) in [6.45, 7) is 20.6. The van der Waals surface area contributed by atoms with Crippen molar-refractivity contribution in [3.05, 3.63) is 73.3 Å². The van der Waals surface area contributed by atoms with E-state index in [1.54, 1.807) is 0 Å². The molecule has 3 heterocycles. The fourth-order valence-electron chi connectivity index (χ4n) is 6.91. The second kappa shape index (κ2) is 16.0. The topological polar surface area (TPSA) is 75.4 Å². The van der Waals surface area contributed by atoms with Crippen LogP contribution in [-0.4, -0.2) is 57.6 Å². The molecule has 1 aliphatic heterocycles. The molecule has 10 heteroatoms. The van der Waals surface area contributed by atoms with Crippen LogP contribution in [0.2, 0.25) is 0 Å². The van der Waals surface area contributed by atoms with E-state index in [4.69, 9.17) is 14.0 Å². The Labute approximate surface area is 302 Å². The molecule has 1 aliphatic rings. The number of aryl methyl sites for hydroxylation is 1. The molecule has 2 atom stereocenters. The van der Waals surface area contributed by atoms with Crippen LogP contribution < -0.4 is 16.2 Å². The Morgan fingerprint density at radius 3 is 2.08 bits per heavy atom. The molecule has 0 amide bonds. The van der Waals surface area contributed by atoms with Gasteiger partial charge in [0.05, 0.1) is 23.6 Å². The molecule has 0 radical (unpaired) electrons. The summed E-state index contributed by atoms with van der Waals surface area (Å²) in [6.07, 6.45) is 14.6. The first-order valence-corrected chi connectivity index (χ1v) is 18.7. The highest BCUT2D eigenvalue weighted by Gasteiger charge is 2.54. The van der Waals surface area contributed by atoms with Crippen LogP contribution in [0.5, 0.6) is 0 Å². The van der Waals surface area contributed by atoms with Gasteiger partial charge in [-0.15, -0.1) is 0 Å². The molecule has 1 fully saturated rings. The zero-order chi connectivity index (χ0) is 36.1. The fourth-order valence-corrected chi connectivity index (χ4v) is 6.91. The predicted molar refractivity (Wildman–Crippen MR) is 208 cm³/mol. The molecule has 50 heavy (non-hydrogen) atoms. The molecule has 2 aromatic heterocycles. The standard InChI is InChI=1S/C40H59B2N5O3/c1-11-46-28-34(26-44-46)32-18-22-37(23-19-32)42-49-39(7,8)40(9,50-42)25-13-15-31(4)14-12-24-38(5,6)48-41(43-10)36-20-16-33(17-21-36)35-27-45-47(29-35)30(2)3/h16-23,26-31,43H,11-15,24-25H2,1-10H3. The first-order chi connectivity index (χ1) is 23.7. The lowest BCUT2D eigenvalue weighted by Gasteiger charge is -2.36. The molecule has 2 aromatic carbocycles. The van der Waals surface area contributed by atoms with Gasteiger partial charge in [0.15, 0.2) is 0 Å². The minimum atomic E-state index is -0.385. The number of nitrogens with zero attached hydrogens (tertiary/aromatic N) is 4. The molecule has 1 saturated heterocycles. The molecular formula is C40H59B2N5O3. The van der Waals surface area contributed by atoms with Gasteiger partial charge in [-0.1, -0.05) is 81.1 Å². The van der Waals surface area contributed by atoms with E-state index >= 15 is 0 Å². The molecule has 0 spiro atoms. The number of hydrogen-bond acceptors (Lipinski definition) is 6. The Balaban J connectivity index is 1.06. The van der Waals surface area contributed by atoms with Crippen LogP contribution in [0.1, 0.15) is 107 Å². The van der Waals surface area contributed by atoms with Gasteiger partial charge < -0.3 is 19.2 Å². The first-order valence-electron chi connectivity index (χ1n) is 18.7. The van der Waals surface area contributed by atoms with Crippen molar-refractivity contribution < 1.29 is 14.0 Å². The molecule has 268 valence electrons. The normalized spacial score (nSPS) is 18.3. The van der Waals surface area contributed by atoms with Crippen LogP contribution in [-0.2, 0) is 20.5 Å². The van der Waals surface area contributed by atoms with Crippen LogP contribution in [0, 0.1) is 5.92 Å². The number of aromatic nitrogens is 4. The van der Waals surface area contributed by atoms with Crippen molar-refractivity contribution in [1.29, 1.82) is 0 Å². The van der Waals surface area contributed by atoms with E-state index in [0.29, 0.717) is 12.0 Å². The Hall–Kier alpha value is -3.17. The number of nitrogens with one attached hydrogen (secondary N) is 1. The summed E-state index contributed by atoms with van der Waals surface area (Å²) in [5.41, 5.74) is 5.76. The monoisotopic (exact) mass is 679 g/mol. The average molecular weight is 680 g/mol. The van der Waals surface area contributed by atoms with E-state index in [1.165, 1.54) is 12.8 Å². The SMILES string of the molecule is CCn1cc(-c2ccc(B3OC(C)(C)C(C)(CCCC(C)CCCC(C)(C)OB(NC)c4ccc(-c5cnn(C(C)C)c5)cc4)O3)cc2)cn1. The Bertz CT molecular complexity index is 1650. The molecule has 0 bridgehead atoms. The minimum absolute atomic E-state index is 0.166. The smallest absolute Gasteiger partial charge is 0.413 e. The quantitative estimate of drug-likeness (QED) is 0.116. The zero-order valence-electron chi connectivity index (χ0n) is 32.2. The van der Waals surface area contributed by atoms with Crippen molar-refractivity contribution in [1.82, 2.24) is 24.8 Å². The van der Waals surface area contributed by atoms with Crippen molar-refractivity contribution in [3.63, 3.8) is 0 Å². The maximum absolute atomic E-state index is 6.68. The van der Waals surface area contributed by atoms with E-state index in [9.17, 15) is 0 Å². The summed E-state index contributed by atoms with van der Waals surface area (Å²) in [4.78, 5) is 0. The van der Waals surface area contributed by atoms with E-state index in [1.807, 2.05) is 28.8 Å². The highest BCUT2D eigenvalue weighted by Crippen LogP contribution is 2.41. The Kier molecular flexibility index (Phi) is 12.2. The van der Waals surface area contributed by atoms with E-state index in [0.717, 1.165) is 65.4 Å². The summed E-state index contributed by atoms with van der Waals surface area (Å²) in [5.74, 6) is 0.632. The van der Waals surface area contributed by atoms with Gasteiger partial charge in [-0.3, -0.25) is 9.36 Å². The van der Waals surface area contributed by atoms with Gasteiger partial charge in [0.2, 0.25) is 0 Å². The van der Waals surface area contributed by atoms with Crippen LogP contribution in [0.4, 0.5) is 0 Å². The van der Waals surface area contributed by atoms with Crippen LogP contribution in [0.25, 0.3) is 22.3 Å². The van der Waals surface area contributed by atoms with Gasteiger partial charge >= 0.3 is 14.2 Å². The average Bonchev–Trinajstić information content (AvgIpc) is 3.82. The second-order valence-electron chi connectivity index (χ2n) is 15.9. The lowest BCUT2D eigenvalue weighted by atomic mass is 9.72. The maximum Gasteiger partial charge on any atom is 0.494 e. The highest BCUT2D eigenvalue weighted by molar-refractivity contribution is 6.65. The number of rotatable bonds is 17. The molecule has 0 aliphatic carbocycles. The summed E-state index contributed by atoms with van der Waals surface area (Å²) in [6, 6.07) is 17.5. The zero-order valence-corrected chi connectivity index (χ0v) is 32.2. The molecule has 4 aromatic rings. The van der Waals surface area contributed by atoms with Gasteiger partial charge in [0.1, 0.15) is 0 Å². The highest BCUT2D eigenvalue weighted by atomic mass is 16.7. The van der Waals surface area contributed by atoms with E-state index in [-0.39, 0.29) is 31.0 Å². The van der Waals surface area contributed by atoms with Gasteiger partial charge in [0, 0.05) is 41.7 Å². The summed E-state index contributed by atoms with van der Waals surface area (Å²) in [7, 11) is 1.43. The van der Waals surface area contributed by atoms with Crippen molar-refractivity contribution in [3.8, 4) is 22.3 Å². The number of benzene rings is 2. The fraction of sp³-hybridized carbons (Fsp3) is 0.550. The Morgan fingerprint density at radius 2 is 1.48 bits per heavy atom. The number of hydrogen-bond donors (Lipinski definition) is 1. The third kappa shape index (κ3) is 9.19. The van der Waals surface area contributed by atoms with Crippen LogP contribution in [0.3, 0.4) is 0 Å². The van der Waals surface area contributed by atoms with Gasteiger partial charge in [-0.25, -0.2) is 0 Å². The lowest BCUT2D eigenvalue weighted by Crippen LogP contribution is -2.50. The predicted octanol–water partition coefficient (Wildman–Crippen LogP) is 7.68. The van der Waals surface area contributed by atoms with E-state index < -0.39 is 0 Å². The molecule has 8 nitrogen and oxygen atoms in total. The van der Waals surface area contributed by atoms with Crippen molar-refractivity contribution in [2.45, 2.75) is 130 Å².